The molecule has 27 heteroatoms. The number of hydrogen-bond donors (Lipinski definition) is 16. The Morgan fingerprint density at radius 3 is 1.42 bits per heavy atom. The number of aliphatic hydroxyl groups is 14. The van der Waals surface area contributed by atoms with Crippen LogP contribution in [0.2, 0.25) is 0 Å². The minimum Gasteiger partial charge on any atom is -0.394 e. The van der Waals surface area contributed by atoms with Crippen LogP contribution in [-0.2, 0) is 52.2 Å². The summed E-state index contributed by atoms with van der Waals surface area (Å²) in [7, 11) is 0. The van der Waals surface area contributed by atoms with Gasteiger partial charge in [-0.05, 0) is 0 Å². The SMILES string of the molecule is CC(=O)N[C@H]1[C@H](O[C@H]2[C@H](O)[C@@H](NC(C)=O)C(O)O[C@@H]2CO)O[C@H](CO)[C@@H](O[C@@H]2O[C@H](CO[C@H]3O[C@H](CO)[C@@H](O)[C@H](O)[C@@H]3O)[C@@H](O)[C@H](O)[C@@H]2O[C@@H]2O[C@H](CO)[C@H](O)[C@H]2O)[C@@H]1O. The van der Waals surface area contributed by atoms with Crippen molar-refractivity contribution in [3.63, 3.8) is 0 Å². The number of rotatable bonds is 15. The van der Waals surface area contributed by atoms with E-state index >= 15 is 0 Å². The van der Waals surface area contributed by atoms with Gasteiger partial charge in [-0.15, -0.1) is 0 Å². The summed E-state index contributed by atoms with van der Waals surface area (Å²) in [5.41, 5.74) is 0. The van der Waals surface area contributed by atoms with E-state index in [1.807, 2.05) is 0 Å². The summed E-state index contributed by atoms with van der Waals surface area (Å²) in [4.78, 5) is 24.2. The van der Waals surface area contributed by atoms with Gasteiger partial charge in [0.15, 0.2) is 31.5 Å². The maximum absolute atomic E-state index is 12.4. The molecular weight excluding hydrogens is 824 g/mol. The van der Waals surface area contributed by atoms with Gasteiger partial charge in [0, 0.05) is 13.8 Å². The molecule has 24 atom stereocenters. The monoisotopic (exact) mass is 880 g/mol. The third-order valence-electron chi connectivity index (χ3n) is 10.8. The highest BCUT2D eigenvalue weighted by Crippen LogP contribution is 2.35. The average Bonchev–Trinajstić information content (AvgIpc) is 3.48. The van der Waals surface area contributed by atoms with Crippen molar-refractivity contribution < 1.29 is 124 Å². The molecule has 5 aliphatic rings. The lowest BCUT2D eigenvalue weighted by atomic mass is 9.94. The summed E-state index contributed by atoms with van der Waals surface area (Å²) in [6.45, 7) is -2.08. The van der Waals surface area contributed by atoms with E-state index in [1.165, 1.54) is 0 Å². The molecule has 1 unspecified atom stereocenters. The first-order valence-electron chi connectivity index (χ1n) is 19.0. The molecule has 0 aromatic carbocycles. The Labute approximate surface area is 340 Å². The Bertz CT molecular complexity index is 1390. The van der Waals surface area contributed by atoms with Crippen LogP contribution in [0.5, 0.6) is 0 Å². The van der Waals surface area contributed by atoms with Crippen LogP contribution in [0, 0.1) is 0 Å². The topological polar surface area (TPSA) is 424 Å². The minimum atomic E-state index is -2.08. The average molecular weight is 881 g/mol. The van der Waals surface area contributed by atoms with Gasteiger partial charge in [-0.3, -0.25) is 9.59 Å². The number of carbonyl (C=O) groups excluding carboxylic acids is 2. The van der Waals surface area contributed by atoms with E-state index in [0.717, 1.165) is 13.8 Å². The van der Waals surface area contributed by atoms with E-state index in [4.69, 9.17) is 42.6 Å². The van der Waals surface area contributed by atoms with Crippen molar-refractivity contribution in [3.05, 3.63) is 0 Å². The first kappa shape index (κ1) is 49.0. The molecule has 5 aliphatic heterocycles. The van der Waals surface area contributed by atoms with Crippen LogP contribution in [-0.4, -0.2) is 264 Å². The van der Waals surface area contributed by atoms with Crippen molar-refractivity contribution in [2.24, 2.45) is 0 Å². The molecule has 16 N–H and O–H groups in total. The van der Waals surface area contributed by atoms with Crippen molar-refractivity contribution in [2.75, 3.05) is 33.0 Å². The lowest BCUT2D eigenvalue weighted by Gasteiger charge is -2.50. The molecule has 60 heavy (non-hydrogen) atoms. The normalized spacial score (nSPS) is 48.7. The van der Waals surface area contributed by atoms with Crippen LogP contribution in [0.3, 0.4) is 0 Å². The van der Waals surface area contributed by atoms with Crippen molar-refractivity contribution >= 4 is 11.8 Å². The van der Waals surface area contributed by atoms with Crippen LogP contribution in [0.1, 0.15) is 13.8 Å². The fourth-order valence-electron chi connectivity index (χ4n) is 7.51. The summed E-state index contributed by atoms with van der Waals surface area (Å²) in [5, 5.41) is 152. The predicted molar refractivity (Wildman–Crippen MR) is 184 cm³/mol. The lowest BCUT2D eigenvalue weighted by Crippen LogP contribution is -2.70. The highest BCUT2D eigenvalue weighted by atomic mass is 16.8. The smallest absolute Gasteiger partial charge is 0.217 e. The van der Waals surface area contributed by atoms with Gasteiger partial charge < -0.3 is 125 Å². The lowest BCUT2D eigenvalue weighted by molar-refractivity contribution is -0.378. The van der Waals surface area contributed by atoms with Crippen molar-refractivity contribution in [1.29, 1.82) is 0 Å². The molecular formula is C33H56N2O25. The molecule has 5 rings (SSSR count). The van der Waals surface area contributed by atoms with E-state index < -0.39 is 192 Å². The summed E-state index contributed by atoms with van der Waals surface area (Å²) < 4.78 is 51.0. The number of ether oxygens (including phenoxy) is 9. The van der Waals surface area contributed by atoms with Crippen LogP contribution in [0.25, 0.3) is 0 Å². The zero-order valence-electron chi connectivity index (χ0n) is 32.1. The molecule has 0 aliphatic carbocycles. The van der Waals surface area contributed by atoms with Gasteiger partial charge in [-0.2, -0.15) is 0 Å². The van der Waals surface area contributed by atoms with Crippen LogP contribution >= 0.6 is 0 Å². The summed E-state index contributed by atoms with van der Waals surface area (Å²) in [6.07, 6.45) is -39.0. The number of carbonyl (C=O) groups is 2. The third kappa shape index (κ3) is 10.5. The number of amides is 2. The van der Waals surface area contributed by atoms with Gasteiger partial charge >= 0.3 is 0 Å². The molecule has 0 spiro atoms. The molecule has 0 saturated carbocycles. The first-order valence-corrected chi connectivity index (χ1v) is 19.0. The first-order chi connectivity index (χ1) is 28.4. The Morgan fingerprint density at radius 1 is 0.433 bits per heavy atom. The quantitative estimate of drug-likeness (QED) is 0.0726. The second-order valence-corrected chi connectivity index (χ2v) is 15.0. The van der Waals surface area contributed by atoms with Crippen LogP contribution in [0.4, 0.5) is 0 Å². The Kier molecular flexibility index (Phi) is 17.3. The van der Waals surface area contributed by atoms with Gasteiger partial charge in [0.2, 0.25) is 11.8 Å². The van der Waals surface area contributed by atoms with Crippen molar-refractivity contribution in [1.82, 2.24) is 10.6 Å². The molecule has 5 heterocycles. The van der Waals surface area contributed by atoms with E-state index in [9.17, 15) is 81.1 Å². The molecule has 27 nitrogen and oxygen atoms in total. The molecule has 0 bridgehead atoms. The fraction of sp³-hybridized carbons (Fsp3) is 0.939. The molecule has 5 fully saturated rings. The standard InChI is InChI=1S/C33H56N2O25/c1-8(40)34-15-20(45)26(12(5-38)53-29(15)51)58-30-16(35-9(2)41)21(46)27(13(6-39)56-30)59-33-28(60-32-24(49)18(43)11(4-37)55-32)23(48)19(44)14(57-33)7-52-31-25(50)22(47)17(42)10(3-36)54-31/h10-33,36-39,42-51H,3-7H2,1-2H3,(H,34,40)(H,35,41)/t10-,11-,12-,13-,14-,15-,16-,17-,18+,19-,20-,21-,22+,23+,24-,25+,26-,27-,28+,29?,30+,31+,32+,33+/m1/s1. The maximum atomic E-state index is 12.4. The summed E-state index contributed by atoms with van der Waals surface area (Å²) in [5.74, 6) is -1.47. The molecule has 0 aromatic heterocycles. The molecule has 348 valence electrons. The second-order valence-electron chi connectivity index (χ2n) is 15.0. The third-order valence-corrected chi connectivity index (χ3v) is 10.8. The van der Waals surface area contributed by atoms with Crippen molar-refractivity contribution in [3.8, 4) is 0 Å². The Hall–Kier alpha value is -1.98. The van der Waals surface area contributed by atoms with Crippen molar-refractivity contribution in [2.45, 2.75) is 161 Å². The Morgan fingerprint density at radius 2 is 0.850 bits per heavy atom. The van der Waals surface area contributed by atoms with E-state index in [0.29, 0.717) is 0 Å². The van der Waals surface area contributed by atoms with Gasteiger partial charge in [0.1, 0.15) is 116 Å². The van der Waals surface area contributed by atoms with E-state index in [-0.39, 0.29) is 0 Å². The molecule has 0 aromatic rings. The highest BCUT2D eigenvalue weighted by molar-refractivity contribution is 5.73. The minimum absolute atomic E-state index is 0.686. The second kappa shape index (κ2) is 21.1. The molecule has 0 radical (unpaired) electrons. The largest absolute Gasteiger partial charge is 0.394 e. The fourth-order valence-corrected chi connectivity index (χ4v) is 7.51. The molecule has 5 saturated heterocycles. The highest BCUT2D eigenvalue weighted by Gasteiger charge is 2.56. The predicted octanol–water partition coefficient (Wildman–Crippen LogP) is -11.0. The number of aliphatic hydroxyl groups excluding tert-OH is 14. The molecule has 2 amide bonds. The number of hydrogen-bond acceptors (Lipinski definition) is 25. The Balaban J connectivity index is 1.41. The van der Waals surface area contributed by atoms with Crippen LogP contribution < -0.4 is 10.6 Å². The van der Waals surface area contributed by atoms with Gasteiger partial charge in [0.05, 0.1) is 33.0 Å². The maximum Gasteiger partial charge on any atom is 0.217 e. The summed E-state index contributed by atoms with van der Waals surface area (Å²) in [6, 6.07) is -3.17. The van der Waals surface area contributed by atoms with Gasteiger partial charge in [0.25, 0.3) is 0 Å². The van der Waals surface area contributed by atoms with Gasteiger partial charge in [-0.25, -0.2) is 0 Å². The zero-order valence-corrected chi connectivity index (χ0v) is 32.1. The van der Waals surface area contributed by atoms with Crippen LogP contribution in [0.15, 0.2) is 0 Å². The number of nitrogens with one attached hydrogen (secondary N) is 2. The van der Waals surface area contributed by atoms with Gasteiger partial charge in [-0.1, -0.05) is 0 Å². The zero-order chi connectivity index (χ0) is 44.3. The summed E-state index contributed by atoms with van der Waals surface area (Å²) >= 11 is 0. The van der Waals surface area contributed by atoms with E-state index in [2.05, 4.69) is 10.6 Å². The van der Waals surface area contributed by atoms with E-state index in [1.54, 1.807) is 0 Å².